The predicted molar refractivity (Wildman–Crippen MR) is 97.7 cm³/mol. The Bertz CT molecular complexity index is 983. The van der Waals surface area contributed by atoms with E-state index < -0.39 is 11.7 Å². The molecule has 4 nitrogen and oxygen atoms in total. The predicted octanol–water partition coefficient (Wildman–Crippen LogP) is 4.31. The van der Waals surface area contributed by atoms with Crippen LogP contribution >= 0.6 is 0 Å². The molecular weight excluding hydrogens is 367 g/mol. The fourth-order valence-electron chi connectivity index (χ4n) is 3.35. The van der Waals surface area contributed by atoms with Gasteiger partial charge in [0, 0.05) is 24.9 Å². The van der Waals surface area contributed by atoms with Crippen molar-refractivity contribution in [1.29, 1.82) is 0 Å². The van der Waals surface area contributed by atoms with E-state index in [0.717, 1.165) is 23.4 Å². The van der Waals surface area contributed by atoms with Crippen molar-refractivity contribution >= 4 is 5.91 Å². The number of hydrogen-bond acceptors (Lipinski definition) is 2. The van der Waals surface area contributed by atoms with Crippen molar-refractivity contribution in [1.82, 2.24) is 15.1 Å². The summed E-state index contributed by atoms with van der Waals surface area (Å²) in [7, 11) is 0. The summed E-state index contributed by atoms with van der Waals surface area (Å²) in [5, 5.41) is 7.07. The van der Waals surface area contributed by atoms with Crippen molar-refractivity contribution in [2.24, 2.45) is 5.92 Å². The quantitative estimate of drug-likeness (QED) is 0.711. The summed E-state index contributed by atoms with van der Waals surface area (Å²) in [6.07, 6.45) is -0.278. The van der Waals surface area contributed by atoms with Gasteiger partial charge in [0.1, 0.15) is 0 Å². The SMILES string of the molecule is O=C(NCc1cccc(-n2cccn2)c1)C1CC1c1cccc(C(F)(F)F)c1. The van der Waals surface area contributed by atoms with Gasteiger partial charge in [-0.15, -0.1) is 0 Å². The molecule has 2 aromatic carbocycles. The number of alkyl halides is 3. The molecule has 0 aliphatic heterocycles. The van der Waals surface area contributed by atoms with Gasteiger partial charge < -0.3 is 5.32 Å². The van der Waals surface area contributed by atoms with Gasteiger partial charge in [-0.25, -0.2) is 4.68 Å². The van der Waals surface area contributed by atoms with Gasteiger partial charge in [-0.3, -0.25) is 4.79 Å². The lowest BCUT2D eigenvalue weighted by Crippen LogP contribution is -2.25. The summed E-state index contributed by atoms with van der Waals surface area (Å²) in [5.41, 5.74) is 1.71. The molecule has 1 saturated carbocycles. The van der Waals surface area contributed by atoms with Crippen LogP contribution in [0.25, 0.3) is 5.69 Å². The summed E-state index contributed by atoms with van der Waals surface area (Å²) in [4.78, 5) is 12.4. The molecule has 0 bridgehead atoms. The summed E-state index contributed by atoms with van der Waals surface area (Å²) in [6, 6.07) is 14.7. The van der Waals surface area contributed by atoms with Crippen LogP contribution < -0.4 is 5.32 Å². The van der Waals surface area contributed by atoms with Gasteiger partial charge in [-0.1, -0.05) is 30.3 Å². The van der Waals surface area contributed by atoms with Crippen molar-refractivity contribution in [2.75, 3.05) is 0 Å². The maximum absolute atomic E-state index is 12.9. The fraction of sp³-hybridized carbons (Fsp3) is 0.238. The highest BCUT2D eigenvalue weighted by Crippen LogP contribution is 2.48. The maximum Gasteiger partial charge on any atom is 0.416 e. The lowest BCUT2D eigenvalue weighted by molar-refractivity contribution is -0.137. The van der Waals surface area contributed by atoms with Gasteiger partial charge in [-0.2, -0.15) is 18.3 Å². The van der Waals surface area contributed by atoms with E-state index in [4.69, 9.17) is 0 Å². The molecule has 28 heavy (non-hydrogen) atoms. The average Bonchev–Trinajstić information content (AvgIpc) is 3.30. The topological polar surface area (TPSA) is 46.9 Å². The molecule has 1 aromatic heterocycles. The lowest BCUT2D eigenvalue weighted by atomic mass is 10.1. The molecule has 1 heterocycles. The number of carbonyl (C=O) groups excluding carboxylic acids is 1. The zero-order valence-corrected chi connectivity index (χ0v) is 14.9. The standard InChI is InChI=1S/C21H18F3N3O/c22-21(23,24)16-6-2-5-15(11-16)18-12-19(18)20(28)25-13-14-4-1-7-17(10-14)27-9-3-8-26-27/h1-11,18-19H,12-13H2,(H,25,28). The fourth-order valence-corrected chi connectivity index (χ4v) is 3.35. The molecule has 2 unspecified atom stereocenters. The van der Waals surface area contributed by atoms with E-state index >= 15 is 0 Å². The second kappa shape index (κ2) is 7.14. The lowest BCUT2D eigenvalue weighted by Gasteiger charge is -2.09. The molecule has 1 amide bonds. The Hall–Kier alpha value is -3.09. The number of hydrogen-bond donors (Lipinski definition) is 1. The number of aromatic nitrogens is 2. The third-order valence-corrected chi connectivity index (χ3v) is 4.92. The second-order valence-electron chi connectivity index (χ2n) is 6.91. The Labute approximate surface area is 160 Å². The van der Waals surface area contributed by atoms with Crippen LogP contribution in [0.1, 0.15) is 29.0 Å². The smallest absolute Gasteiger partial charge is 0.352 e. The number of amides is 1. The first-order valence-electron chi connectivity index (χ1n) is 8.95. The first kappa shape index (κ1) is 18.3. The zero-order valence-electron chi connectivity index (χ0n) is 14.9. The monoisotopic (exact) mass is 385 g/mol. The first-order chi connectivity index (χ1) is 13.4. The zero-order chi connectivity index (χ0) is 19.7. The van der Waals surface area contributed by atoms with E-state index in [1.54, 1.807) is 16.9 Å². The molecule has 0 saturated heterocycles. The summed E-state index contributed by atoms with van der Waals surface area (Å²) in [6.45, 7) is 0.361. The highest BCUT2D eigenvalue weighted by molar-refractivity contribution is 5.82. The normalized spacial score (nSPS) is 18.7. The second-order valence-corrected chi connectivity index (χ2v) is 6.91. The third kappa shape index (κ3) is 3.93. The largest absolute Gasteiger partial charge is 0.416 e. The van der Waals surface area contributed by atoms with Gasteiger partial charge in [-0.05, 0) is 47.7 Å². The van der Waals surface area contributed by atoms with E-state index in [9.17, 15) is 18.0 Å². The molecule has 7 heteroatoms. The molecule has 4 rings (SSSR count). The van der Waals surface area contributed by atoms with E-state index in [1.807, 2.05) is 36.5 Å². The summed E-state index contributed by atoms with van der Waals surface area (Å²) >= 11 is 0. The highest BCUT2D eigenvalue weighted by atomic mass is 19.4. The average molecular weight is 385 g/mol. The van der Waals surface area contributed by atoms with Crippen molar-refractivity contribution in [2.45, 2.75) is 25.1 Å². The van der Waals surface area contributed by atoms with Gasteiger partial charge >= 0.3 is 6.18 Å². The molecule has 144 valence electrons. The summed E-state index contributed by atoms with van der Waals surface area (Å²) in [5.74, 6) is -0.567. The highest BCUT2D eigenvalue weighted by Gasteiger charge is 2.44. The van der Waals surface area contributed by atoms with Crippen molar-refractivity contribution < 1.29 is 18.0 Å². The Balaban J connectivity index is 1.37. The molecule has 2 atom stereocenters. The molecule has 1 fully saturated rings. The minimum atomic E-state index is -4.37. The van der Waals surface area contributed by atoms with Gasteiger partial charge in [0.2, 0.25) is 5.91 Å². The first-order valence-corrected chi connectivity index (χ1v) is 8.95. The van der Waals surface area contributed by atoms with Crippen LogP contribution in [0.15, 0.2) is 67.0 Å². The van der Waals surface area contributed by atoms with Crippen LogP contribution in [-0.2, 0) is 17.5 Å². The Morgan fingerprint density at radius 1 is 1.14 bits per heavy atom. The number of carbonyl (C=O) groups is 1. The Kier molecular flexibility index (Phi) is 4.66. The van der Waals surface area contributed by atoms with Crippen LogP contribution in [0.5, 0.6) is 0 Å². The van der Waals surface area contributed by atoms with Gasteiger partial charge in [0.15, 0.2) is 0 Å². The maximum atomic E-state index is 12.9. The van der Waals surface area contributed by atoms with E-state index in [-0.39, 0.29) is 17.7 Å². The minimum Gasteiger partial charge on any atom is -0.352 e. The van der Waals surface area contributed by atoms with Crippen LogP contribution in [0.2, 0.25) is 0 Å². The van der Waals surface area contributed by atoms with Crippen molar-refractivity contribution in [3.05, 3.63) is 83.7 Å². The van der Waals surface area contributed by atoms with Gasteiger partial charge in [0.05, 0.1) is 11.3 Å². The van der Waals surface area contributed by atoms with E-state index in [0.29, 0.717) is 18.5 Å². The number of nitrogens with one attached hydrogen (secondary N) is 1. The number of halogens is 3. The number of rotatable bonds is 5. The van der Waals surface area contributed by atoms with Gasteiger partial charge in [0.25, 0.3) is 0 Å². The molecule has 0 radical (unpaired) electrons. The molecule has 1 N–H and O–H groups in total. The Morgan fingerprint density at radius 2 is 1.96 bits per heavy atom. The van der Waals surface area contributed by atoms with E-state index in [1.165, 1.54) is 6.07 Å². The summed E-state index contributed by atoms with van der Waals surface area (Å²) < 4.78 is 40.3. The van der Waals surface area contributed by atoms with Crippen LogP contribution in [-0.4, -0.2) is 15.7 Å². The molecule has 3 aromatic rings. The number of nitrogens with zero attached hydrogens (tertiary/aromatic N) is 2. The third-order valence-electron chi connectivity index (χ3n) is 4.92. The Morgan fingerprint density at radius 3 is 2.71 bits per heavy atom. The number of benzene rings is 2. The molecule has 0 spiro atoms. The molecular formula is C21H18F3N3O. The van der Waals surface area contributed by atoms with Crippen LogP contribution in [0, 0.1) is 5.92 Å². The minimum absolute atomic E-state index is 0.132. The molecule has 1 aliphatic carbocycles. The molecule has 1 aliphatic rings. The van der Waals surface area contributed by atoms with Crippen LogP contribution in [0.3, 0.4) is 0 Å². The van der Waals surface area contributed by atoms with E-state index in [2.05, 4.69) is 10.4 Å². The van der Waals surface area contributed by atoms with Crippen molar-refractivity contribution in [3.63, 3.8) is 0 Å². The van der Waals surface area contributed by atoms with Crippen molar-refractivity contribution in [3.8, 4) is 5.69 Å². The van der Waals surface area contributed by atoms with Crippen LogP contribution in [0.4, 0.5) is 13.2 Å².